The van der Waals surface area contributed by atoms with E-state index in [9.17, 15) is 0 Å². The van der Waals surface area contributed by atoms with E-state index in [2.05, 4.69) is 43.4 Å². The number of hydrogen-bond acceptors (Lipinski definition) is 2. The van der Waals surface area contributed by atoms with Crippen molar-refractivity contribution in [3.63, 3.8) is 0 Å². The van der Waals surface area contributed by atoms with E-state index in [1.165, 1.54) is 24.1 Å². The van der Waals surface area contributed by atoms with Crippen LogP contribution in [0.4, 0.5) is 5.69 Å². The van der Waals surface area contributed by atoms with Crippen molar-refractivity contribution in [1.29, 1.82) is 0 Å². The van der Waals surface area contributed by atoms with Crippen LogP contribution in [0.15, 0.2) is 24.3 Å². The highest BCUT2D eigenvalue weighted by molar-refractivity contribution is 5.47. The van der Waals surface area contributed by atoms with Crippen molar-refractivity contribution in [2.75, 3.05) is 11.9 Å². The van der Waals surface area contributed by atoms with Gasteiger partial charge in [-0.1, -0.05) is 26.0 Å². The zero-order valence-corrected chi connectivity index (χ0v) is 11.5. The molecular formula is C16H25NO. The smallest absolute Gasteiger partial charge is 0.0434 e. The van der Waals surface area contributed by atoms with Gasteiger partial charge in [-0.15, -0.1) is 0 Å². The Morgan fingerprint density at radius 1 is 1.33 bits per heavy atom. The normalized spacial score (nSPS) is 22.9. The first-order valence-corrected chi connectivity index (χ1v) is 7.15. The summed E-state index contributed by atoms with van der Waals surface area (Å²) in [7, 11) is 0. The van der Waals surface area contributed by atoms with Crippen LogP contribution in [0, 0.1) is 11.8 Å². The zero-order chi connectivity index (χ0) is 13.0. The van der Waals surface area contributed by atoms with E-state index in [0.717, 1.165) is 24.7 Å². The number of anilines is 1. The van der Waals surface area contributed by atoms with E-state index < -0.39 is 0 Å². The summed E-state index contributed by atoms with van der Waals surface area (Å²) in [4.78, 5) is 0. The molecule has 1 aromatic carbocycles. The quantitative estimate of drug-likeness (QED) is 0.807. The standard InChI is InChI=1S/C16H25NO/c1-12(2)14-10-16(11-14)17-15-7-3-5-13(9-15)6-4-8-18/h3,5,7,9,12,14,16-18H,4,6,8,10-11H2,1-2H3. The Morgan fingerprint density at radius 2 is 2.11 bits per heavy atom. The number of rotatable bonds is 6. The third-order valence-corrected chi connectivity index (χ3v) is 4.04. The number of aliphatic hydroxyl groups is 1. The summed E-state index contributed by atoms with van der Waals surface area (Å²) in [6, 6.07) is 9.26. The van der Waals surface area contributed by atoms with Gasteiger partial charge in [-0.05, 0) is 55.2 Å². The third-order valence-electron chi connectivity index (χ3n) is 4.04. The van der Waals surface area contributed by atoms with Crippen molar-refractivity contribution in [2.24, 2.45) is 11.8 Å². The van der Waals surface area contributed by atoms with Gasteiger partial charge in [0.05, 0.1) is 0 Å². The van der Waals surface area contributed by atoms with E-state index in [1.807, 2.05) is 0 Å². The van der Waals surface area contributed by atoms with Crippen molar-refractivity contribution >= 4 is 5.69 Å². The minimum absolute atomic E-state index is 0.274. The molecule has 1 aromatic rings. The summed E-state index contributed by atoms with van der Waals surface area (Å²) >= 11 is 0. The molecule has 0 unspecified atom stereocenters. The molecule has 0 amide bonds. The Labute approximate surface area is 110 Å². The predicted octanol–water partition coefficient (Wildman–Crippen LogP) is 3.46. The summed E-state index contributed by atoms with van der Waals surface area (Å²) in [6.07, 6.45) is 4.42. The molecule has 2 rings (SSSR count). The van der Waals surface area contributed by atoms with E-state index in [4.69, 9.17) is 5.11 Å². The van der Waals surface area contributed by atoms with E-state index in [-0.39, 0.29) is 6.61 Å². The topological polar surface area (TPSA) is 32.3 Å². The molecule has 2 heteroatoms. The predicted molar refractivity (Wildman–Crippen MR) is 76.8 cm³/mol. The van der Waals surface area contributed by atoms with Crippen LogP contribution >= 0.6 is 0 Å². The van der Waals surface area contributed by atoms with Gasteiger partial charge in [0.15, 0.2) is 0 Å². The molecule has 0 aliphatic heterocycles. The Bertz CT molecular complexity index is 369. The highest BCUT2D eigenvalue weighted by Crippen LogP contribution is 2.35. The van der Waals surface area contributed by atoms with Crippen LogP contribution in [0.5, 0.6) is 0 Å². The Hall–Kier alpha value is -1.02. The lowest BCUT2D eigenvalue weighted by atomic mass is 9.73. The first-order chi connectivity index (χ1) is 8.69. The summed E-state index contributed by atoms with van der Waals surface area (Å²) in [5.74, 6) is 1.72. The largest absolute Gasteiger partial charge is 0.396 e. The average molecular weight is 247 g/mol. The highest BCUT2D eigenvalue weighted by Gasteiger charge is 2.30. The van der Waals surface area contributed by atoms with Crippen molar-refractivity contribution in [3.05, 3.63) is 29.8 Å². The van der Waals surface area contributed by atoms with Gasteiger partial charge in [0.25, 0.3) is 0 Å². The molecule has 1 aliphatic rings. The highest BCUT2D eigenvalue weighted by atomic mass is 16.2. The molecule has 2 nitrogen and oxygen atoms in total. The molecule has 100 valence electrons. The number of nitrogens with one attached hydrogen (secondary N) is 1. The second-order valence-corrected chi connectivity index (χ2v) is 5.84. The van der Waals surface area contributed by atoms with Crippen molar-refractivity contribution in [1.82, 2.24) is 0 Å². The molecule has 1 fully saturated rings. The Balaban J connectivity index is 1.83. The molecule has 1 aliphatic carbocycles. The Kier molecular flexibility index (Phi) is 4.65. The van der Waals surface area contributed by atoms with Crippen LogP contribution in [-0.2, 0) is 6.42 Å². The van der Waals surface area contributed by atoms with Gasteiger partial charge in [0, 0.05) is 18.3 Å². The van der Waals surface area contributed by atoms with Crippen molar-refractivity contribution in [2.45, 2.75) is 45.6 Å². The van der Waals surface area contributed by atoms with Crippen LogP contribution in [0.25, 0.3) is 0 Å². The van der Waals surface area contributed by atoms with Gasteiger partial charge in [-0.2, -0.15) is 0 Å². The number of aryl methyl sites for hydroxylation is 1. The maximum Gasteiger partial charge on any atom is 0.0434 e. The summed E-state index contributed by atoms with van der Waals surface area (Å²) in [5, 5.41) is 12.5. The van der Waals surface area contributed by atoms with Gasteiger partial charge in [0.2, 0.25) is 0 Å². The maximum absolute atomic E-state index is 8.85. The molecule has 0 radical (unpaired) electrons. The second kappa shape index (κ2) is 6.24. The SMILES string of the molecule is CC(C)C1CC(Nc2cccc(CCCO)c2)C1. The molecule has 18 heavy (non-hydrogen) atoms. The molecule has 0 bridgehead atoms. The van der Waals surface area contributed by atoms with Crippen LogP contribution in [-0.4, -0.2) is 17.8 Å². The summed E-state index contributed by atoms with van der Waals surface area (Å²) < 4.78 is 0. The third kappa shape index (κ3) is 3.49. The number of benzene rings is 1. The zero-order valence-electron chi connectivity index (χ0n) is 11.5. The lowest BCUT2D eigenvalue weighted by molar-refractivity contribution is 0.212. The van der Waals surface area contributed by atoms with Crippen LogP contribution < -0.4 is 5.32 Å². The molecular weight excluding hydrogens is 222 g/mol. The fourth-order valence-electron chi connectivity index (χ4n) is 2.66. The van der Waals surface area contributed by atoms with Gasteiger partial charge < -0.3 is 10.4 Å². The van der Waals surface area contributed by atoms with E-state index >= 15 is 0 Å². The lowest BCUT2D eigenvalue weighted by Crippen LogP contribution is -2.37. The van der Waals surface area contributed by atoms with Crippen molar-refractivity contribution < 1.29 is 5.11 Å². The summed E-state index contributed by atoms with van der Waals surface area (Å²) in [6.45, 7) is 4.91. The molecule has 0 saturated heterocycles. The fraction of sp³-hybridized carbons (Fsp3) is 0.625. The average Bonchev–Trinajstić information content (AvgIpc) is 2.30. The minimum Gasteiger partial charge on any atom is -0.396 e. The van der Waals surface area contributed by atoms with Gasteiger partial charge >= 0.3 is 0 Å². The first-order valence-electron chi connectivity index (χ1n) is 7.15. The fourth-order valence-corrected chi connectivity index (χ4v) is 2.66. The van der Waals surface area contributed by atoms with Gasteiger partial charge in [0.1, 0.15) is 0 Å². The maximum atomic E-state index is 8.85. The van der Waals surface area contributed by atoms with E-state index in [0.29, 0.717) is 6.04 Å². The number of aliphatic hydroxyl groups excluding tert-OH is 1. The van der Waals surface area contributed by atoms with Crippen LogP contribution in [0.2, 0.25) is 0 Å². The minimum atomic E-state index is 0.274. The summed E-state index contributed by atoms with van der Waals surface area (Å²) in [5.41, 5.74) is 2.55. The van der Waals surface area contributed by atoms with Gasteiger partial charge in [-0.3, -0.25) is 0 Å². The molecule has 0 spiro atoms. The molecule has 0 aromatic heterocycles. The first kappa shape index (κ1) is 13.4. The second-order valence-electron chi connectivity index (χ2n) is 5.84. The lowest BCUT2D eigenvalue weighted by Gasteiger charge is -2.39. The number of hydrogen-bond donors (Lipinski definition) is 2. The monoisotopic (exact) mass is 247 g/mol. The van der Waals surface area contributed by atoms with E-state index in [1.54, 1.807) is 0 Å². The molecule has 0 heterocycles. The van der Waals surface area contributed by atoms with Crippen LogP contribution in [0.3, 0.4) is 0 Å². The molecule has 0 atom stereocenters. The van der Waals surface area contributed by atoms with Gasteiger partial charge in [-0.25, -0.2) is 0 Å². The van der Waals surface area contributed by atoms with Crippen molar-refractivity contribution in [3.8, 4) is 0 Å². The van der Waals surface area contributed by atoms with Crippen LogP contribution in [0.1, 0.15) is 38.7 Å². The molecule has 2 N–H and O–H groups in total. The Morgan fingerprint density at radius 3 is 2.78 bits per heavy atom. The molecule has 1 saturated carbocycles.